The number of guanidine groups is 1. The quantitative estimate of drug-likeness (QED) is 0.515. The minimum Gasteiger partial charge on any atom is -0.487 e. The summed E-state index contributed by atoms with van der Waals surface area (Å²) in [7, 11) is 1.82. The smallest absolute Gasteiger partial charge is 0.191 e. The average Bonchev–Trinajstić information content (AvgIpc) is 2.80. The first-order chi connectivity index (χ1) is 14.6. The third-order valence-corrected chi connectivity index (χ3v) is 5.62. The summed E-state index contributed by atoms with van der Waals surface area (Å²) < 4.78 is 5.80. The van der Waals surface area contributed by atoms with Gasteiger partial charge in [0.2, 0.25) is 0 Å². The number of ether oxygens (including phenoxy) is 1. The number of benzene rings is 1. The highest BCUT2D eigenvalue weighted by Gasteiger charge is 2.27. The van der Waals surface area contributed by atoms with E-state index in [1.165, 1.54) is 37.9 Å². The van der Waals surface area contributed by atoms with E-state index in [2.05, 4.69) is 51.5 Å². The van der Waals surface area contributed by atoms with Crippen molar-refractivity contribution in [2.24, 2.45) is 4.99 Å². The minimum atomic E-state index is 0.116. The van der Waals surface area contributed by atoms with Crippen LogP contribution in [0.4, 0.5) is 0 Å². The minimum absolute atomic E-state index is 0.116. The molecule has 1 aliphatic rings. The molecule has 0 radical (unpaired) electrons. The fraction of sp³-hybridized carbons (Fsp3) is 0.500. The van der Waals surface area contributed by atoms with Gasteiger partial charge in [-0.15, -0.1) is 0 Å². The molecule has 6 nitrogen and oxygen atoms in total. The molecule has 0 bridgehead atoms. The van der Waals surface area contributed by atoms with Gasteiger partial charge in [0.05, 0.1) is 5.69 Å². The molecule has 0 atom stereocenters. The van der Waals surface area contributed by atoms with Crippen molar-refractivity contribution in [1.82, 2.24) is 20.5 Å². The first-order valence-electron chi connectivity index (χ1n) is 10.9. The average molecular weight is 410 g/mol. The maximum absolute atomic E-state index is 5.80. The summed E-state index contributed by atoms with van der Waals surface area (Å²) in [6.07, 6.45) is 5.74. The van der Waals surface area contributed by atoms with E-state index in [4.69, 9.17) is 4.74 Å². The standard InChI is InChI=1S/C24H35N5O/c1-24(2,29-15-7-4-8-16-29)19-28-23(25-3)27-17-20-10-12-22(13-11-20)30-18-21-9-5-6-14-26-21/h5-6,9-14H,4,7-8,15-19H2,1-3H3,(H2,25,27,28). The summed E-state index contributed by atoms with van der Waals surface area (Å²) >= 11 is 0. The molecule has 0 amide bonds. The Balaban J connectivity index is 1.43. The molecule has 0 saturated carbocycles. The molecule has 1 aromatic heterocycles. The van der Waals surface area contributed by atoms with Gasteiger partial charge in [-0.25, -0.2) is 0 Å². The monoisotopic (exact) mass is 409 g/mol. The zero-order chi connectivity index (χ0) is 21.2. The number of hydrogen-bond acceptors (Lipinski definition) is 4. The number of aromatic nitrogens is 1. The van der Waals surface area contributed by atoms with E-state index in [-0.39, 0.29) is 5.54 Å². The van der Waals surface area contributed by atoms with Crippen molar-refractivity contribution in [2.75, 3.05) is 26.7 Å². The van der Waals surface area contributed by atoms with Crippen LogP contribution >= 0.6 is 0 Å². The Hall–Kier alpha value is -2.60. The maximum Gasteiger partial charge on any atom is 0.191 e. The number of nitrogens with zero attached hydrogens (tertiary/aromatic N) is 3. The highest BCUT2D eigenvalue weighted by molar-refractivity contribution is 5.79. The molecular weight excluding hydrogens is 374 g/mol. The molecule has 6 heteroatoms. The molecule has 1 aliphatic heterocycles. The van der Waals surface area contributed by atoms with Gasteiger partial charge in [-0.05, 0) is 69.6 Å². The van der Waals surface area contributed by atoms with E-state index in [1.54, 1.807) is 6.20 Å². The number of aliphatic imine (C=N–C) groups is 1. The second-order valence-electron chi connectivity index (χ2n) is 8.39. The van der Waals surface area contributed by atoms with Gasteiger partial charge < -0.3 is 15.4 Å². The van der Waals surface area contributed by atoms with Crippen molar-refractivity contribution < 1.29 is 4.74 Å². The number of nitrogens with one attached hydrogen (secondary N) is 2. The first-order valence-corrected chi connectivity index (χ1v) is 10.9. The van der Waals surface area contributed by atoms with E-state index in [0.717, 1.165) is 23.9 Å². The number of rotatable bonds is 8. The lowest BCUT2D eigenvalue weighted by Crippen LogP contribution is -2.54. The van der Waals surface area contributed by atoms with Crippen LogP contribution in [0.15, 0.2) is 53.7 Å². The molecule has 3 rings (SSSR count). The van der Waals surface area contributed by atoms with E-state index in [1.807, 2.05) is 37.4 Å². The van der Waals surface area contributed by atoms with Gasteiger partial charge in [0.25, 0.3) is 0 Å². The molecule has 1 aromatic carbocycles. The van der Waals surface area contributed by atoms with Crippen LogP contribution in [0.2, 0.25) is 0 Å². The van der Waals surface area contributed by atoms with Crippen LogP contribution in [-0.4, -0.2) is 48.1 Å². The van der Waals surface area contributed by atoms with E-state index in [9.17, 15) is 0 Å². The third-order valence-electron chi connectivity index (χ3n) is 5.62. The van der Waals surface area contributed by atoms with Crippen LogP contribution in [0.5, 0.6) is 5.75 Å². The van der Waals surface area contributed by atoms with Gasteiger partial charge in [0.15, 0.2) is 5.96 Å². The van der Waals surface area contributed by atoms with E-state index < -0.39 is 0 Å². The number of pyridine rings is 1. The largest absolute Gasteiger partial charge is 0.487 e. The predicted molar refractivity (Wildman–Crippen MR) is 123 cm³/mol. The molecular formula is C24H35N5O. The summed E-state index contributed by atoms with van der Waals surface area (Å²) in [4.78, 5) is 11.2. The number of piperidine rings is 1. The molecule has 2 N–H and O–H groups in total. The SMILES string of the molecule is CN=C(NCc1ccc(OCc2ccccn2)cc1)NCC(C)(C)N1CCCCC1. The molecule has 162 valence electrons. The Kier molecular flexibility index (Phi) is 8.08. The van der Waals surface area contributed by atoms with Gasteiger partial charge in [-0.3, -0.25) is 14.9 Å². The Morgan fingerprint density at radius 1 is 1.07 bits per heavy atom. The van der Waals surface area contributed by atoms with Crippen molar-refractivity contribution in [3.63, 3.8) is 0 Å². The Morgan fingerprint density at radius 2 is 1.83 bits per heavy atom. The summed E-state index contributed by atoms with van der Waals surface area (Å²) in [6.45, 7) is 9.05. The van der Waals surface area contributed by atoms with Gasteiger partial charge in [0, 0.05) is 31.9 Å². The molecule has 30 heavy (non-hydrogen) atoms. The van der Waals surface area contributed by atoms with Gasteiger partial charge >= 0.3 is 0 Å². The van der Waals surface area contributed by atoms with Crippen LogP contribution < -0.4 is 15.4 Å². The Labute approximate surface area is 180 Å². The lowest BCUT2D eigenvalue weighted by atomic mass is 9.98. The Bertz CT molecular complexity index is 783. The van der Waals surface area contributed by atoms with Gasteiger partial charge in [-0.1, -0.05) is 24.6 Å². The van der Waals surface area contributed by atoms with Crippen molar-refractivity contribution in [2.45, 2.75) is 51.8 Å². The fourth-order valence-electron chi connectivity index (χ4n) is 3.66. The highest BCUT2D eigenvalue weighted by Crippen LogP contribution is 2.19. The zero-order valence-electron chi connectivity index (χ0n) is 18.5. The second kappa shape index (κ2) is 11.0. The van der Waals surface area contributed by atoms with Crippen molar-refractivity contribution in [3.05, 3.63) is 59.9 Å². The van der Waals surface area contributed by atoms with Crippen LogP contribution in [0, 0.1) is 0 Å². The van der Waals surface area contributed by atoms with Crippen LogP contribution in [0.25, 0.3) is 0 Å². The van der Waals surface area contributed by atoms with Crippen molar-refractivity contribution in [1.29, 1.82) is 0 Å². The molecule has 2 heterocycles. The molecule has 1 fully saturated rings. The molecule has 2 aromatic rings. The predicted octanol–water partition coefficient (Wildman–Crippen LogP) is 3.59. The van der Waals surface area contributed by atoms with Crippen LogP contribution in [0.3, 0.4) is 0 Å². The topological polar surface area (TPSA) is 61.8 Å². The summed E-state index contributed by atoms with van der Waals surface area (Å²) in [5.41, 5.74) is 2.22. The highest BCUT2D eigenvalue weighted by atomic mass is 16.5. The summed E-state index contributed by atoms with van der Waals surface area (Å²) in [5, 5.41) is 6.90. The van der Waals surface area contributed by atoms with E-state index in [0.29, 0.717) is 13.2 Å². The summed E-state index contributed by atoms with van der Waals surface area (Å²) in [5.74, 6) is 1.67. The van der Waals surface area contributed by atoms with Gasteiger partial charge in [0.1, 0.15) is 12.4 Å². The lowest BCUT2D eigenvalue weighted by molar-refractivity contribution is 0.0982. The maximum atomic E-state index is 5.80. The fourth-order valence-corrected chi connectivity index (χ4v) is 3.66. The van der Waals surface area contributed by atoms with Crippen molar-refractivity contribution >= 4 is 5.96 Å². The molecule has 1 saturated heterocycles. The summed E-state index contributed by atoms with van der Waals surface area (Å²) in [6, 6.07) is 14.0. The molecule has 0 spiro atoms. The molecule has 0 unspecified atom stereocenters. The lowest BCUT2D eigenvalue weighted by Gasteiger charge is -2.41. The first kappa shape index (κ1) is 22.1. The van der Waals surface area contributed by atoms with E-state index >= 15 is 0 Å². The number of likely N-dealkylation sites (tertiary alicyclic amines) is 1. The molecule has 0 aliphatic carbocycles. The van der Waals surface area contributed by atoms with Crippen LogP contribution in [-0.2, 0) is 13.2 Å². The number of hydrogen-bond donors (Lipinski definition) is 2. The van der Waals surface area contributed by atoms with Gasteiger partial charge in [-0.2, -0.15) is 0 Å². The third kappa shape index (κ3) is 6.73. The normalized spacial score (nSPS) is 15.6. The van der Waals surface area contributed by atoms with Crippen molar-refractivity contribution in [3.8, 4) is 5.75 Å². The van der Waals surface area contributed by atoms with Crippen LogP contribution in [0.1, 0.15) is 44.4 Å². The Morgan fingerprint density at radius 3 is 2.50 bits per heavy atom. The zero-order valence-corrected chi connectivity index (χ0v) is 18.5. The second-order valence-corrected chi connectivity index (χ2v) is 8.39.